The summed E-state index contributed by atoms with van der Waals surface area (Å²) in [7, 11) is 6.89. The second-order valence-corrected chi connectivity index (χ2v) is 17.7. The summed E-state index contributed by atoms with van der Waals surface area (Å²) in [5.41, 5.74) is 8.85. The summed E-state index contributed by atoms with van der Waals surface area (Å²) in [6.07, 6.45) is 47.4. The highest BCUT2D eigenvalue weighted by atomic mass is 35.5. The van der Waals surface area contributed by atoms with Crippen LogP contribution in [0.1, 0.15) is 244 Å². The molecule has 2 nitrogen and oxygen atoms in total. The zero-order chi connectivity index (χ0) is 37.0. The Bertz CT molecular complexity index is 813. The molecule has 0 bridgehead atoms. The monoisotopic (exact) mass is 771 g/mol. The largest absolute Gasteiger partial charge is 1.00 e. The fraction of sp³-hybridized carbons (Fsp3) is 0.875. The van der Waals surface area contributed by atoms with Gasteiger partial charge in [0.25, 0.3) is 0 Å². The number of benzene rings is 1. The van der Waals surface area contributed by atoms with Crippen molar-refractivity contribution in [3.05, 3.63) is 35.4 Å². The fourth-order valence-electron chi connectivity index (χ4n) is 7.36. The van der Waals surface area contributed by atoms with E-state index in [0.29, 0.717) is 0 Å². The molecule has 0 spiro atoms. The van der Waals surface area contributed by atoms with Crippen LogP contribution in [0.15, 0.2) is 24.3 Å². The van der Waals surface area contributed by atoms with Gasteiger partial charge in [0.2, 0.25) is 0 Å². The average molecular weight is 772 g/mol. The number of quaternary nitrogens is 1. The maximum atomic E-state index is 6.32. The van der Waals surface area contributed by atoms with Gasteiger partial charge in [-0.3, -0.25) is 0 Å². The van der Waals surface area contributed by atoms with Gasteiger partial charge < -0.3 is 22.6 Å². The molecule has 0 saturated carbocycles. The lowest BCUT2D eigenvalue weighted by Gasteiger charge is -2.23. The molecule has 1 aromatic carbocycles. The minimum atomic E-state index is -0.231. The Labute approximate surface area is 341 Å². The Morgan fingerprint density at radius 3 is 1.00 bits per heavy atom. The van der Waals surface area contributed by atoms with Crippen LogP contribution < -0.4 is 18.1 Å². The molecule has 0 heterocycles. The van der Waals surface area contributed by atoms with E-state index in [1.165, 1.54) is 230 Å². The van der Waals surface area contributed by atoms with Crippen molar-refractivity contribution in [3.8, 4) is 0 Å². The van der Waals surface area contributed by atoms with E-state index >= 15 is 0 Å². The Balaban J connectivity index is -0.000000915. The first kappa shape index (κ1) is 56.1. The topological polar surface area (TPSA) is 26.0 Å². The molecular formula is C48H96Cl2N2. The normalized spacial score (nSPS) is 11.5. The first-order valence-electron chi connectivity index (χ1n) is 22.8. The third kappa shape index (κ3) is 40.9. The molecule has 0 atom stereocenters. The lowest BCUT2D eigenvalue weighted by atomic mass is 9.89. The van der Waals surface area contributed by atoms with Crippen LogP contribution in [0.4, 0.5) is 0 Å². The average Bonchev–Trinajstić information content (AvgIpc) is 3.07. The smallest absolute Gasteiger partial charge is 0.0780 e. The predicted octanol–water partition coefficient (Wildman–Crippen LogP) is 13.1. The highest BCUT2D eigenvalue weighted by Gasteiger charge is 2.17. The Morgan fingerprint density at radius 1 is 0.442 bits per heavy atom. The first-order chi connectivity index (χ1) is 24.1. The summed E-state index contributed by atoms with van der Waals surface area (Å²) >= 11 is 0. The molecule has 0 unspecified atom stereocenters. The first-order valence-corrected chi connectivity index (χ1v) is 22.8. The van der Waals surface area contributed by atoms with Crippen LogP contribution in [0.25, 0.3) is 0 Å². The predicted molar refractivity (Wildman–Crippen MR) is 237 cm³/mol. The summed E-state index contributed by atoms with van der Waals surface area (Å²) in [6, 6.07) is 8.72. The second kappa shape index (κ2) is 40.4. The number of aryl methyl sites for hydroxylation is 1. The van der Waals surface area contributed by atoms with Gasteiger partial charge in [-0.2, -0.15) is 0 Å². The van der Waals surface area contributed by atoms with Crippen molar-refractivity contribution in [1.29, 1.82) is 0 Å². The van der Waals surface area contributed by atoms with Gasteiger partial charge in [0.1, 0.15) is 0 Å². The summed E-state index contributed by atoms with van der Waals surface area (Å²) in [5.74, 6) is 0. The highest BCUT2D eigenvalue weighted by Crippen LogP contribution is 2.23. The van der Waals surface area contributed by atoms with Gasteiger partial charge >= 0.3 is 0 Å². The molecule has 0 aromatic heterocycles. The molecule has 0 amide bonds. The minimum absolute atomic E-state index is 0. The van der Waals surface area contributed by atoms with E-state index in [-0.39, 0.29) is 30.4 Å². The van der Waals surface area contributed by atoms with Crippen LogP contribution in [0.2, 0.25) is 0 Å². The van der Waals surface area contributed by atoms with Gasteiger partial charge in [0, 0.05) is 5.54 Å². The number of unbranched alkanes of at least 4 members (excludes halogenated alkanes) is 30. The summed E-state index contributed by atoms with van der Waals surface area (Å²) in [4.78, 5) is 0. The van der Waals surface area contributed by atoms with E-state index in [9.17, 15) is 0 Å². The molecule has 2 N–H and O–H groups in total. The van der Waals surface area contributed by atoms with Crippen molar-refractivity contribution in [1.82, 2.24) is 0 Å². The molecule has 0 aliphatic heterocycles. The SMILES string of the molecule is CCCCCCCCCCCCCCCCCC[N+](C)(C)C.CCCCCCCCCCCCCCCCCCc1ccccc1C(C)(C)N.Cl.[Cl-]. The molecule has 0 fully saturated rings. The zero-order valence-corrected chi connectivity index (χ0v) is 38.2. The maximum absolute atomic E-state index is 6.32. The standard InChI is InChI=1S/C27H49N.C21H46N.2ClH/c1-4-5-6-7-8-9-10-11-12-13-14-15-16-17-18-19-22-25-23-20-21-24-26(25)27(2,3)28;1-5-6-7-8-9-10-11-12-13-14-15-16-17-18-19-20-21-22(2,3)4;;/h20-21,23-24H,4-19,22,28H2,1-3H3;5-21H2,1-4H3;2*1H/q;+1;;/p-1. The van der Waals surface area contributed by atoms with E-state index < -0.39 is 0 Å². The zero-order valence-electron chi connectivity index (χ0n) is 36.7. The van der Waals surface area contributed by atoms with Crippen LogP contribution in [0, 0.1) is 0 Å². The molecule has 4 heteroatoms. The molecule has 52 heavy (non-hydrogen) atoms. The molecule has 1 rings (SSSR count). The molecule has 0 aliphatic rings. The van der Waals surface area contributed by atoms with Crippen molar-refractivity contribution in [3.63, 3.8) is 0 Å². The van der Waals surface area contributed by atoms with Crippen LogP contribution in [0.3, 0.4) is 0 Å². The Morgan fingerprint density at radius 2 is 0.712 bits per heavy atom. The van der Waals surface area contributed by atoms with Gasteiger partial charge in [-0.15, -0.1) is 12.4 Å². The van der Waals surface area contributed by atoms with E-state index in [0.717, 1.165) is 4.48 Å². The maximum Gasteiger partial charge on any atom is 0.0780 e. The fourth-order valence-corrected chi connectivity index (χ4v) is 7.36. The van der Waals surface area contributed by atoms with Crippen LogP contribution >= 0.6 is 12.4 Å². The molecular weight excluding hydrogens is 675 g/mol. The van der Waals surface area contributed by atoms with Crippen molar-refractivity contribution in [2.75, 3.05) is 27.7 Å². The van der Waals surface area contributed by atoms with Gasteiger partial charge in [0.05, 0.1) is 27.7 Å². The Kier molecular flexibility index (Phi) is 43.5. The van der Waals surface area contributed by atoms with Crippen molar-refractivity contribution in [2.24, 2.45) is 5.73 Å². The van der Waals surface area contributed by atoms with E-state index in [1.807, 2.05) is 0 Å². The third-order valence-electron chi connectivity index (χ3n) is 10.7. The minimum Gasteiger partial charge on any atom is -1.00 e. The van der Waals surface area contributed by atoms with Gasteiger partial charge in [-0.25, -0.2) is 0 Å². The number of rotatable bonds is 35. The number of nitrogens with two attached hydrogens (primary N) is 1. The van der Waals surface area contributed by atoms with E-state index in [1.54, 1.807) is 0 Å². The molecule has 312 valence electrons. The van der Waals surface area contributed by atoms with E-state index in [2.05, 4.69) is 73.1 Å². The van der Waals surface area contributed by atoms with E-state index in [4.69, 9.17) is 5.73 Å². The Hall–Kier alpha value is -0.280. The molecule has 0 aliphatic carbocycles. The van der Waals surface area contributed by atoms with Crippen LogP contribution in [0.5, 0.6) is 0 Å². The van der Waals surface area contributed by atoms with Gasteiger partial charge in [-0.05, 0) is 50.7 Å². The number of hydrogen-bond acceptors (Lipinski definition) is 1. The lowest BCUT2D eigenvalue weighted by molar-refractivity contribution is -0.870. The summed E-state index contributed by atoms with van der Waals surface area (Å²) in [6.45, 7) is 10.1. The van der Waals surface area contributed by atoms with Gasteiger partial charge in [-0.1, -0.05) is 224 Å². The molecule has 1 aromatic rings. The van der Waals surface area contributed by atoms with Crippen molar-refractivity contribution >= 4 is 12.4 Å². The second-order valence-electron chi connectivity index (χ2n) is 17.7. The summed E-state index contributed by atoms with van der Waals surface area (Å²) in [5, 5.41) is 0. The number of hydrogen-bond donors (Lipinski definition) is 1. The quantitative estimate of drug-likeness (QED) is 0.0540. The number of nitrogens with zero attached hydrogens (tertiary/aromatic N) is 1. The van der Waals surface area contributed by atoms with Crippen LogP contribution in [-0.4, -0.2) is 32.2 Å². The molecule has 0 radical (unpaired) electrons. The molecule has 0 saturated heterocycles. The van der Waals surface area contributed by atoms with Crippen molar-refractivity contribution in [2.45, 2.75) is 245 Å². The lowest BCUT2D eigenvalue weighted by Crippen LogP contribution is -3.00. The highest BCUT2D eigenvalue weighted by molar-refractivity contribution is 5.85. The van der Waals surface area contributed by atoms with Gasteiger partial charge in [0.15, 0.2) is 0 Å². The van der Waals surface area contributed by atoms with Crippen LogP contribution in [-0.2, 0) is 12.0 Å². The summed E-state index contributed by atoms with van der Waals surface area (Å²) < 4.78 is 1.12. The van der Waals surface area contributed by atoms with Crippen molar-refractivity contribution < 1.29 is 16.9 Å². The number of halogens is 2. The third-order valence-corrected chi connectivity index (χ3v) is 10.7.